The molecule has 0 saturated carbocycles. The molecule has 0 radical (unpaired) electrons. The quantitative estimate of drug-likeness (QED) is 0.650. The van der Waals surface area contributed by atoms with Gasteiger partial charge in [0.05, 0.1) is 19.1 Å². The molecule has 0 aliphatic heterocycles. The lowest BCUT2D eigenvalue weighted by Gasteiger charge is -2.14. The molecule has 2 N–H and O–H groups in total. The van der Waals surface area contributed by atoms with Crippen LogP contribution < -0.4 is 19.5 Å². The molecule has 0 atom stereocenters. The van der Waals surface area contributed by atoms with Crippen molar-refractivity contribution < 1.29 is 22.7 Å². The van der Waals surface area contributed by atoms with Gasteiger partial charge in [-0.05, 0) is 38.0 Å². The Morgan fingerprint density at radius 1 is 1.03 bits per heavy atom. The third kappa shape index (κ3) is 5.71. The van der Waals surface area contributed by atoms with E-state index in [-0.39, 0.29) is 30.3 Å². The number of nitrogens with one attached hydrogen (secondary N) is 2. The minimum atomic E-state index is -3.69. The first kappa shape index (κ1) is 22.7. The number of aryl methyl sites for hydroxylation is 3. The maximum Gasteiger partial charge on any atom is 0.241 e. The smallest absolute Gasteiger partial charge is 0.241 e. The van der Waals surface area contributed by atoms with Gasteiger partial charge in [0.15, 0.2) is 11.5 Å². The topological polar surface area (TPSA) is 93.7 Å². The summed E-state index contributed by atoms with van der Waals surface area (Å²) in [6, 6.07) is 9.07. The number of carbonyl (C=O) groups is 1. The Morgan fingerprint density at radius 3 is 2.28 bits per heavy atom. The van der Waals surface area contributed by atoms with Gasteiger partial charge < -0.3 is 14.8 Å². The van der Waals surface area contributed by atoms with E-state index in [0.29, 0.717) is 22.6 Å². The summed E-state index contributed by atoms with van der Waals surface area (Å²) in [5.41, 5.74) is 3.15. The summed E-state index contributed by atoms with van der Waals surface area (Å²) in [4.78, 5) is 12.4. The highest BCUT2D eigenvalue weighted by atomic mass is 32.2. The third-order valence-electron chi connectivity index (χ3n) is 4.48. The van der Waals surface area contributed by atoms with Crippen LogP contribution in [-0.2, 0) is 21.4 Å². The zero-order chi connectivity index (χ0) is 21.6. The van der Waals surface area contributed by atoms with Gasteiger partial charge in [-0.15, -0.1) is 0 Å². The van der Waals surface area contributed by atoms with Gasteiger partial charge in [-0.2, -0.15) is 0 Å². The zero-order valence-electron chi connectivity index (χ0n) is 17.5. The normalized spacial score (nSPS) is 11.2. The molecule has 0 aromatic heterocycles. The summed E-state index contributed by atoms with van der Waals surface area (Å²) < 4.78 is 38.3. The third-order valence-corrected chi connectivity index (χ3v) is 6.24. The van der Waals surface area contributed by atoms with Crippen molar-refractivity contribution >= 4 is 15.9 Å². The standard InChI is InChI=1S/C21H28N2O5S/c1-14-11-15(2)21(16(3)12-14)29(25,26)23-10-9-19(24)22-13-17-7-6-8-18(27-4)20(17)28-5/h6-8,11-12,23H,9-10,13H2,1-5H3,(H,22,24). The molecule has 0 saturated heterocycles. The van der Waals surface area contributed by atoms with Crippen molar-refractivity contribution in [3.63, 3.8) is 0 Å². The molecular weight excluding hydrogens is 392 g/mol. The molecule has 2 aromatic carbocycles. The number of methoxy groups -OCH3 is 2. The first-order chi connectivity index (χ1) is 13.7. The fourth-order valence-corrected chi connectivity index (χ4v) is 4.82. The molecule has 2 aromatic rings. The lowest BCUT2D eigenvalue weighted by Crippen LogP contribution is -2.31. The molecule has 0 aliphatic rings. The van der Waals surface area contributed by atoms with Crippen LogP contribution in [0.4, 0.5) is 0 Å². The van der Waals surface area contributed by atoms with Gasteiger partial charge in [0.25, 0.3) is 0 Å². The minimum Gasteiger partial charge on any atom is -0.493 e. The van der Waals surface area contributed by atoms with Crippen LogP contribution in [0.3, 0.4) is 0 Å². The van der Waals surface area contributed by atoms with Crippen LogP contribution in [0.2, 0.25) is 0 Å². The lowest BCUT2D eigenvalue weighted by atomic mass is 10.1. The van der Waals surface area contributed by atoms with Crippen molar-refractivity contribution in [1.82, 2.24) is 10.0 Å². The number of carbonyl (C=O) groups excluding carboxylic acids is 1. The molecule has 7 nitrogen and oxygen atoms in total. The van der Waals surface area contributed by atoms with E-state index in [2.05, 4.69) is 10.0 Å². The predicted octanol–water partition coefficient (Wildman–Crippen LogP) is 2.61. The van der Waals surface area contributed by atoms with Crippen molar-refractivity contribution in [3.05, 3.63) is 52.6 Å². The van der Waals surface area contributed by atoms with Crippen LogP contribution in [0.25, 0.3) is 0 Å². The number of benzene rings is 2. The second-order valence-corrected chi connectivity index (χ2v) is 8.51. The summed E-state index contributed by atoms with van der Waals surface area (Å²) >= 11 is 0. The molecule has 0 unspecified atom stereocenters. The van der Waals surface area contributed by atoms with Crippen LogP contribution >= 0.6 is 0 Å². The Bertz CT molecular complexity index is 964. The van der Waals surface area contributed by atoms with Crippen molar-refractivity contribution in [2.24, 2.45) is 0 Å². The number of hydrogen-bond acceptors (Lipinski definition) is 5. The number of sulfonamides is 1. The molecule has 1 amide bonds. The Balaban J connectivity index is 1.94. The average molecular weight is 421 g/mol. The molecule has 2 rings (SSSR count). The van der Waals surface area contributed by atoms with Gasteiger partial charge in [-0.3, -0.25) is 4.79 Å². The predicted molar refractivity (Wildman–Crippen MR) is 112 cm³/mol. The molecule has 158 valence electrons. The fourth-order valence-electron chi connectivity index (χ4n) is 3.34. The van der Waals surface area contributed by atoms with Crippen LogP contribution in [0.1, 0.15) is 28.7 Å². The van der Waals surface area contributed by atoms with E-state index < -0.39 is 10.0 Å². The monoisotopic (exact) mass is 420 g/mol. The van der Waals surface area contributed by atoms with Crippen molar-refractivity contribution in [1.29, 1.82) is 0 Å². The Morgan fingerprint density at radius 2 is 1.69 bits per heavy atom. The van der Waals surface area contributed by atoms with E-state index >= 15 is 0 Å². The van der Waals surface area contributed by atoms with Gasteiger partial charge in [-0.25, -0.2) is 13.1 Å². The van der Waals surface area contributed by atoms with Crippen LogP contribution in [0.5, 0.6) is 11.5 Å². The van der Waals surface area contributed by atoms with E-state index in [1.165, 1.54) is 7.11 Å². The number of para-hydroxylation sites is 1. The molecular formula is C21H28N2O5S. The number of hydrogen-bond donors (Lipinski definition) is 2. The second-order valence-electron chi connectivity index (χ2n) is 6.80. The van der Waals surface area contributed by atoms with E-state index in [1.807, 2.05) is 31.2 Å². The summed E-state index contributed by atoms with van der Waals surface area (Å²) in [5, 5.41) is 2.77. The molecule has 0 spiro atoms. The molecule has 0 fully saturated rings. The molecule has 0 heterocycles. The Labute approximate surface area is 172 Å². The van der Waals surface area contributed by atoms with Gasteiger partial charge in [-0.1, -0.05) is 29.8 Å². The van der Waals surface area contributed by atoms with Crippen LogP contribution in [0.15, 0.2) is 35.2 Å². The zero-order valence-corrected chi connectivity index (χ0v) is 18.3. The fraction of sp³-hybridized carbons (Fsp3) is 0.381. The molecule has 8 heteroatoms. The van der Waals surface area contributed by atoms with Crippen molar-refractivity contribution in [3.8, 4) is 11.5 Å². The molecule has 29 heavy (non-hydrogen) atoms. The van der Waals surface area contributed by atoms with Gasteiger partial charge >= 0.3 is 0 Å². The van der Waals surface area contributed by atoms with Gasteiger partial charge in [0.2, 0.25) is 15.9 Å². The summed E-state index contributed by atoms with van der Waals surface area (Å²) in [6.45, 7) is 5.72. The maximum atomic E-state index is 12.6. The largest absolute Gasteiger partial charge is 0.493 e. The summed E-state index contributed by atoms with van der Waals surface area (Å²) in [5.74, 6) is 0.868. The second kappa shape index (κ2) is 9.76. The molecule has 0 bridgehead atoms. The summed E-state index contributed by atoms with van der Waals surface area (Å²) in [7, 11) is -0.607. The average Bonchev–Trinajstić information content (AvgIpc) is 2.64. The van der Waals surface area contributed by atoms with Crippen LogP contribution in [0, 0.1) is 20.8 Å². The van der Waals surface area contributed by atoms with Gasteiger partial charge in [0.1, 0.15) is 0 Å². The Kier molecular flexibility index (Phi) is 7.64. The highest BCUT2D eigenvalue weighted by Gasteiger charge is 2.20. The summed E-state index contributed by atoms with van der Waals surface area (Å²) in [6.07, 6.45) is 0.0233. The maximum absolute atomic E-state index is 12.6. The first-order valence-electron chi connectivity index (χ1n) is 9.23. The van der Waals surface area contributed by atoms with E-state index in [1.54, 1.807) is 27.0 Å². The van der Waals surface area contributed by atoms with Crippen molar-refractivity contribution in [2.45, 2.75) is 38.6 Å². The first-order valence-corrected chi connectivity index (χ1v) is 10.7. The van der Waals surface area contributed by atoms with E-state index in [9.17, 15) is 13.2 Å². The number of rotatable bonds is 9. The Hall–Kier alpha value is -2.58. The van der Waals surface area contributed by atoms with Crippen LogP contribution in [-0.4, -0.2) is 35.1 Å². The minimum absolute atomic E-state index is 0.0101. The number of ether oxygens (including phenoxy) is 2. The highest BCUT2D eigenvalue weighted by molar-refractivity contribution is 7.89. The SMILES string of the molecule is COc1cccc(CNC(=O)CCNS(=O)(=O)c2c(C)cc(C)cc2C)c1OC. The van der Waals surface area contributed by atoms with E-state index in [4.69, 9.17) is 9.47 Å². The van der Waals surface area contributed by atoms with Crippen molar-refractivity contribution in [2.75, 3.05) is 20.8 Å². The highest BCUT2D eigenvalue weighted by Crippen LogP contribution is 2.30. The lowest BCUT2D eigenvalue weighted by molar-refractivity contribution is -0.121. The molecule has 0 aliphatic carbocycles. The number of amides is 1. The van der Waals surface area contributed by atoms with E-state index in [0.717, 1.165) is 11.1 Å². The van der Waals surface area contributed by atoms with Gasteiger partial charge in [0, 0.05) is 25.1 Å².